The van der Waals surface area contributed by atoms with Crippen LogP contribution in [-0.2, 0) is 0 Å². The molecule has 2 N–H and O–H groups in total. The topological polar surface area (TPSA) is 88.0 Å². The minimum Gasteiger partial charge on any atom is -0.507 e. The lowest BCUT2D eigenvalue weighted by atomic mass is 9.94. The van der Waals surface area contributed by atoms with Gasteiger partial charge in [0.2, 0.25) is 0 Å². The van der Waals surface area contributed by atoms with E-state index in [0.717, 1.165) is 6.08 Å². The molecule has 0 amide bonds. The van der Waals surface area contributed by atoms with Crippen LogP contribution in [0.2, 0.25) is 0 Å². The van der Waals surface area contributed by atoms with E-state index in [1.165, 1.54) is 0 Å². The Labute approximate surface area is 89.9 Å². The molecule has 1 aliphatic rings. The van der Waals surface area contributed by atoms with Crippen molar-refractivity contribution in [1.29, 1.82) is 10.5 Å². The van der Waals surface area contributed by atoms with Gasteiger partial charge in [0.05, 0.1) is 5.57 Å². The molecular weight excluding hydrogens is 227 g/mol. The summed E-state index contributed by atoms with van der Waals surface area (Å²) in [5, 5.41) is 32.8. The number of alkyl halides is 2. The summed E-state index contributed by atoms with van der Waals surface area (Å²) in [7, 11) is 0. The normalized spacial score (nSPS) is 31.8. The molecule has 0 aliphatic heterocycles. The Morgan fingerprint density at radius 3 is 2.43 bits per heavy atom. The van der Waals surface area contributed by atoms with E-state index in [0.29, 0.717) is 0 Å². The smallest absolute Gasteiger partial charge is 0.195 e. The van der Waals surface area contributed by atoms with Gasteiger partial charge in [-0.15, -0.1) is 11.6 Å². The maximum absolute atomic E-state index is 9.57. The lowest BCUT2D eigenvalue weighted by Crippen LogP contribution is -2.37. The Morgan fingerprint density at radius 1 is 1.43 bits per heavy atom. The highest BCUT2D eigenvalue weighted by Crippen LogP contribution is 2.37. The first-order valence-corrected chi connectivity index (χ1v) is 4.28. The van der Waals surface area contributed by atoms with Crippen LogP contribution in [0.15, 0.2) is 23.0 Å². The SMILES string of the molecule is N#CC1=C(C#N)C(O)(Cl)C(Cl)C=C1O. The highest BCUT2D eigenvalue weighted by molar-refractivity contribution is 6.34. The molecule has 0 spiro atoms. The lowest BCUT2D eigenvalue weighted by molar-refractivity contribution is 0.172. The van der Waals surface area contributed by atoms with Gasteiger partial charge in [-0.05, 0) is 6.08 Å². The molecule has 0 aromatic carbocycles. The van der Waals surface area contributed by atoms with Gasteiger partial charge in [0.25, 0.3) is 0 Å². The Morgan fingerprint density at radius 2 is 2.00 bits per heavy atom. The number of nitriles is 2. The van der Waals surface area contributed by atoms with Crippen molar-refractivity contribution in [3.8, 4) is 12.1 Å². The molecule has 0 heterocycles. The maximum Gasteiger partial charge on any atom is 0.195 e. The second-order valence-electron chi connectivity index (χ2n) is 2.60. The minimum absolute atomic E-state index is 0.359. The standard InChI is InChI=1S/C8H4Cl2N2O2/c9-7-1-6(13)4(2-11)5(3-12)8(7,10)14/h1,7,13-14H. The number of hydrogen-bond acceptors (Lipinski definition) is 4. The Kier molecular flexibility index (Phi) is 2.73. The van der Waals surface area contributed by atoms with Crippen LogP contribution in [0.1, 0.15) is 0 Å². The van der Waals surface area contributed by atoms with E-state index >= 15 is 0 Å². The van der Waals surface area contributed by atoms with Gasteiger partial charge >= 0.3 is 0 Å². The largest absolute Gasteiger partial charge is 0.507 e. The second kappa shape index (κ2) is 3.51. The van der Waals surface area contributed by atoms with E-state index in [-0.39, 0.29) is 5.57 Å². The molecule has 0 aromatic heterocycles. The summed E-state index contributed by atoms with van der Waals surface area (Å²) in [5.74, 6) is -0.450. The van der Waals surface area contributed by atoms with Crippen molar-refractivity contribution in [1.82, 2.24) is 0 Å². The van der Waals surface area contributed by atoms with Crippen molar-refractivity contribution >= 4 is 23.2 Å². The van der Waals surface area contributed by atoms with E-state index in [1.54, 1.807) is 12.1 Å². The predicted octanol–water partition coefficient (Wildman–Crippen LogP) is 1.32. The van der Waals surface area contributed by atoms with Gasteiger partial charge in [0.1, 0.15) is 28.8 Å². The summed E-state index contributed by atoms with van der Waals surface area (Å²) >= 11 is 11.1. The fraction of sp³-hybridized carbons (Fsp3) is 0.250. The van der Waals surface area contributed by atoms with Crippen molar-refractivity contribution in [2.75, 3.05) is 0 Å². The molecule has 2 atom stereocenters. The average molecular weight is 231 g/mol. The van der Waals surface area contributed by atoms with Crippen molar-refractivity contribution in [2.24, 2.45) is 0 Å². The third-order valence-electron chi connectivity index (χ3n) is 1.75. The molecule has 1 aliphatic carbocycles. The molecule has 0 radical (unpaired) electrons. The Bertz CT molecular complexity index is 412. The summed E-state index contributed by atoms with van der Waals surface area (Å²) in [6.07, 6.45) is 1.01. The van der Waals surface area contributed by atoms with Crippen LogP contribution in [0.25, 0.3) is 0 Å². The van der Waals surface area contributed by atoms with Gasteiger partial charge < -0.3 is 10.2 Å². The number of nitrogens with zero attached hydrogens (tertiary/aromatic N) is 2. The van der Waals surface area contributed by atoms with Crippen LogP contribution < -0.4 is 0 Å². The van der Waals surface area contributed by atoms with Gasteiger partial charge in [0.15, 0.2) is 5.06 Å². The summed E-state index contributed by atoms with van der Waals surface area (Å²) < 4.78 is 0. The molecule has 0 bridgehead atoms. The summed E-state index contributed by atoms with van der Waals surface area (Å²) in [6.45, 7) is 0. The number of hydrogen-bond donors (Lipinski definition) is 2. The van der Waals surface area contributed by atoms with Gasteiger partial charge in [-0.2, -0.15) is 10.5 Å². The Balaban J connectivity index is 3.43. The number of allylic oxidation sites excluding steroid dienone is 1. The van der Waals surface area contributed by atoms with E-state index in [1.807, 2.05) is 0 Å². The van der Waals surface area contributed by atoms with Crippen molar-refractivity contribution in [2.45, 2.75) is 10.4 Å². The zero-order valence-corrected chi connectivity index (χ0v) is 8.21. The van der Waals surface area contributed by atoms with Crippen LogP contribution in [0.3, 0.4) is 0 Å². The summed E-state index contributed by atoms with van der Waals surface area (Å²) in [5.41, 5.74) is -0.802. The second-order valence-corrected chi connectivity index (χ2v) is 3.65. The highest BCUT2D eigenvalue weighted by Gasteiger charge is 2.43. The fourth-order valence-corrected chi connectivity index (χ4v) is 1.45. The van der Waals surface area contributed by atoms with Gasteiger partial charge in [0, 0.05) is 0 Å². The van der Waals surface area contributed by atoms with Crippen LogP contribution >= 0.6 is 23.2 Å². The summed E-state index contributed by atoms with van der Waals surface area (Å²) in [4.78, 5) is 0. The minimum atomic E-state index is -2.15. The molecule has 14 heavy (non-hydrogen) atoms. The third kappa shape index (κ3) is 1.44. The van der Waals surface area contributed by atoms with Crippen LogP contribution in [0, 0.1) is 22.7 Å². The average Bonchev–Trinajstić information content (AvgIpc) is 2.11. The zero-order chi connectivity index (χ0) is 10.9. The van der Waals surface area contributed by atoms with Crippen LogP contribution in [0.4, 0.5) is 0 Å². The predicted molar refractivity (Wildman–Crippen MR) is 49.4 cm³/mol. The molecule has 0 fully saturated rings. The summed E-state index contributed by atoms with van der Waals surface area (Å²) in [6, 6.07) is 3.11. The first-order chi connectivity index (χ1) is 6.45. The van der Waals surface area contributed by atoms with Gasteiger partial charge in [-0.25, -0.2) is 0 Å². The number of aliphatic hydroxyl groups is 2. The third-order valence-corrected chi connectivity index (χ3v) is 2.73. The quantitative estimate of drug-likeness (QED) is 0.615. The maximum atomic E-state index is 9.57. The molecule has 4 nitrogen and oxygen atoms in total. The molecule has 2 unspecified atom stereocenters. The number of halogens is 2. The molecule has 0 aromatic rings. The monoisotopic (exact) mass is 230 g/mol. The molecule has 6 heteroatoms. The number of aliphatic hydroxyl groups excluding tert-OH is 1. The number of rotatable bonds is 0. The van der Waals surface area contributed by atoms with Crippen molar-refractivity contribution in [3.05, 3.63) is 23.0 Å². The van der Waals surface area contributed by atoms with Crippen LogP contribution in [-0.4, -0.2) is 20.7 Å². The van der Waals surface area contributed by atoms with E-state index in [9.17, 15) is 10.2 Å². The van der Waals surface area contributed by atoms with E-state index in [4.69, 9.17) is 33.7 Å². The zero-order valence-electron chi connectivity index (χ0n) is 6.70. The van der Waals surface area contributed by atoms with Crippen LogP contribution in [0.5, 0.6) is 0 Å². The highest BCUT2D eigenvalue weighted by atomic mass is 35.5. The Hall–Kier alpha value is -1.20. The van der Waals surface area contributed by atoms with E-state index < -0.39 is 21.8 Å². The lowest BCUT2D eigenvalue weighted by Gasteiger charge is -2.27. The van der Waals surface area contributed by atoms with Crippen molar-refractivity contribution < 1.29 is 10.2 Å². The van der Waals surface area contributed by atoms with Gasteiger partial charge in [-0.1, -0.05) is 11.6 Å². The first kappa shape index (κ1) is 10.9. The molecule has 1 rings (SSSR count). The molecule has 72 valence electrons. The van der Waals surface area contributed by atoms with Crippen molar-refractivity contribution in [3.63, 3.8) is 0 Å². The molecule has 0 saturated heterocycles. The fourth-order valence-electron chi connectivity index (χ4n) is 1.02. The first-order valence-electron chi connectivity index (χ1n) is 3.46. The van der Waals surface area contributed by atoms with Gasteiger partial charge in [-0.3, -0.25) is 0 Å². The molecule has 0 saturated carbocycles. The molecular formula is C8H4Cl2N2O2. The van der Waals surface area contributed by atoms with E-state index in [2.05, 4.69) is 0 Å².